The predicted octanol–water partition coefficient (Wildman–Crippen LogP) is 3.99. The molecule has 2 aromatic rings. The van der Waals surface area contributed by atoms with Crippen LogP contribution in [0.1, 0.15) is 37.0 Å². The molecule has 1 aromatic carbocycles. The number of methoxy groups -OCH3 is 1. The van der Waals surface area contributed by atoms with E-state index in [1.807, 2.05) is 13.8 Å². The molecular formula is C18H18N2O4S. The van der Waals surface area contributed by atoms with E-state index in [0.717, 1.165) is 4.70 Å². The van der Waals surface area contributed by atoms with E-state index in [9.17, 15) is 14.7 Å². The second kappa shape index (κ2) is 6.40. The predicted molar refractivity (Wildman–Crippen MR) is 96.8 cm³/mol. The van der Waals surface area contributed by atoms with Crippen LogP contribution in [0.15, 0.2) is 34.5 Å². The monoisotopic (exact) mass is 358 g/mol. The van der Waals surface area contributed by atoms with E-state index in [-0.39, 0.29) is 22.5 Å². The average molecular weight is 358 g/mol. The molecule has 0 atom stereocenters. The van der Waals surface area contributed by atoms with Gasteiger partial charge in [-0.2, -0.15) is 0 Å². The maximum atomic E-state index is 12.2. The molecule has 6 nitrogen and oxygen atoms in total. The highest BCUT2D eigenvalue weighted by atomic mass is 32.1. The highest BCUT2D eigenvalue weighted by molar-refractivity contribution is 7.22. The molecule has 0 spiro atoms. The smallest absolute Gasteiger partial charge is 0.337 e. The first kappa shape index (κ1) is 17.3. The van der Waals surface area contributed by atoms with Crippen LogP contribution in [-0.4, -0.2) is 35.2 Å². The van der Waals surface area contributed by atoms with Gasteiger partial charge in [0.25, 0.3) is 0 Å². The molecule has 0 unspecified atom stereocenters. The maximum absolute atomic E-state index is 12.2. The molecule has 1 heterocycles. The van der Waals surface area contributed by atoms with Crippen molar-refractivity contribution in [1.29, 1.82) is 0 Å². The lowest BCUT2D eigenvalue weighted by Gasteiger charge is -2.28. The number of ketones is 1. The zero-order valence-electron chi connectivity index (χ0n) is 14.2. The molecule has 1 N–H and O–H groups in total. The minimum atomic E-state index is -0.411. The van der Waals surface area contributed by atoms with Gasteiger partial charge in [-0.15, -0.1) is 0 Å². The summed E-state index contributed by atoms with van der Waals surface area (Å²) in [6.07, 6.45) is 2.20. The van der Waals surface area contributed by atoms with Crippen molar-refractivity contribution in [2.24, 2.45) is 10.4 Å². The Morgan fingerprint density at radius 3 is 2.84 bits per heavy atom. The molecule has 25 heavy (non-hydrogen) atoms. The fourth-order valence-electron chi connectivity index (χ4n) is 2.78. The number of nitrogens with zero attached hydrogens (tertiary/aromatic N) is 2. The second-order valence-corrected chi connectivity index (χ2v) is 7.74. The molecule has 0 saturated heterocycles. The summed E-state index contributed by atoms with van der Waals surface area (Å²) in [4.78, 5) is 32.4. The summed E-state index contributed by atoms with van der Waals surface area (Å²) >= 11 is 1.30. The van der Waals surface area contributed by atoms with E-state index in [0.29, 0.717) is 29.1 Å². The lowest BCUT2D eigenvalue weighted by atomic mass is 9.77. The highest BCUT2D eigenvalue weighted by Crippen LogP contribution is 2.35. The van der Waals surface area contributed by atoms with Crippen molar-refractivity contribution >= 4 is 44.7 Å². The van der Waals surface area contributed by atoms with Crippen LogP contribution in [-0.2, 0) is 9.53 Å². The van der Waals surface area contributed by atoms with Gasteiger partial charge in [0.1, 0.15) is 5.76 Å². The quantitative estimate of drug-likeness (QED) is 0.662. The number of thiazole rings is 1. The third kappa shape index (κ3) is 3.61. The first-order valence-corrected chi connectivity index (χ1v) is 8.59. The molecule has 0 saturated carbocycles. The van der Waals surface area contributed by atoms with Gasteiger partial charge in [0.15, 0.2) is 5.78 Å². The van der Waals surface area contributed by atoms with Gasteiger partial charge in [-0.05, 0) is 23.6 Å². The molecule has 1 aliphatic rings. The standard InChI is InChI=1S/C18H18N2O4S/c1-18(2)7-13(21)11(14(22)8-18)9-19-17-20-12-5-4-10(16(23)24-3)6-15(12)25-17/h4-6,9,21H,7-8H2,1-3H3. The van der Waals surface area contributed by atoms with Crippen LogP contribution >= 0.6 is 11.3 Å². The molecule has 0 radical (unpaired) electrons. The number of carbonyl (C=O) groups is 2. The molecule has 3 rings (SSSR count). The van der Waals surface area contributed by atoms with Crippen molar-refractivity contribution in [2.45, 2.75) is 26.7 Å². The van der Waals surface area contributed by atoms with Crippen molar-refractivity contribution in [2.75, 3.05) is 7.11 Å². The Kier molecular flexibility index (Phi) is 4.43. The largest absolute Gasteiger partial charge is 0.511 e. The molecule has 1 aromatic heterocycles. The number of rotatable bonds is 3. The number of Topliss-reactive ketones (excluding diaryl/α,β-unsaturated/α-hetero) is 1. The molecule has 7 heteroatoms. The third-order valence-corrected chi connectivity index (χ3v) is 4.92. The maximum Gasteiger partial charge on any atom is 0.337 e. The number of aliphatic hydroxyl groups excluding tert-OH is 1. The number of hydrogen-bond donors (Lipinski definition) is 1. The van der Waals surface area contributed by atoms with Crippen LogP contribution in [0.2, 0.25) is 0 Å². The van der Waals surface area contributed by atoms with Crippen molar-refractivity contribution < 1.29 is 19.4 Å². The summed E-state index contributed by atoms with van der Waals surface area (Å²) in [5.41, 5.74) is 1.16. The summed E-state index contributed by atoms with van der Waals surface area (Å²) in [6, 6.07) is 5.06. The molecule has 0 amide bonds. The Morgan fingerprint density at radius 1 is 1.40 bits per heavy atom. The van der Waals surface area contributed by atoms with Gasteiger partial charge in [-0.1, -0.05) is 25.2 Å². The summed E-state index contributed by atoms with van der Waals surface area (Å²) in [5.74, 6) is -0.462. The average Bonchev–Trinajstić information content (AvgIpc) is 2.93. The third-order valence-electron chi connectivity index (χ3n) is 4.00. The van der Waals surface area contributed by atoms with Crippen LogP contribution < -0.4 is 0 Å². The van der Waals surface area contributed by atoms with Crippen molar-refractivity contribution in [3.05, 3.63) is 35.1 Å². The topological polar surface area (TPSA) is 88.8 Å². The number of fused-ring (bicyclic) bond motifs is 1. The Balaban J connectivity index is 1.89. The van der Waals surface area contributed by atoms with Gasteiger partial charge < -0.3 is 9.84 Å². The van der Waals surface area contributed by atoms with Gasteiger partial charge in [0.05, 0.1) is 28.5 Å². The number of benzene rings is 1. The Labute approximate surface area is 148 Å². The lowest BCUT2D eigenvalue weighted by molar-refractivity contribution is -0.117. The normalized spacial score (nSPS) is 17.5. The SMILES string of the molecule is COC(=O)c1ccc2nc(N=CC3=C(O)CC(C)(C)CC3=O)sc2c1. The minimum Gasteiger partial charge on any atom is -0.511 e. The van der Waals surface area contributed by atoms with Gasteiger partial charge in [0, 0.05) is 19.1 Å². The lowest BCUT2D eigenvalue weighted by Crippen LogP contribution is -2.26. The number of aromatic nitrogens is 1. The van der Waals surface area contributed by atoms with Gasteiger partial charge in [0.2, 0.25) is 5.13 Å². The zero-order valence-corrected chi connectivity index (χ0v) is 15.0. The van der Waals surface area contributed by atoms with Crippen molar-refractivity contribution in [1.82, 2.24) is 4.98 Å². The van der Waals surface area contributed by atoms with Crippen LogP contribution in [0.3, 0.4) is 0 Å². The Hall–Kier alpha value is -2.54. The molecule has 130 valence electrons. The number of esters is 1. The fraction of sp³-hybridized carbons (Fsp3) is 0.333. The Bertz CT molecular complexity index is 924. The van der Waals surface area contributed by atoms with E-state index in [1.54, 1.807) is 18.2 Å². The number of allylic oxidation sites excluding steroid dienone is 2. The first-order valence-electron chi connectivity index (χ1n) is 7.77. The molecular weight excluding hydrogens is 340 g/mol. The van der Waals surface area contributed by atoms with Crippen molar-refractivity contribution in [3.8, 4) is 0 Å². The first-order chi connectivity index (χ1) is 11.8. The number of carbonyl (C=O) groups excluding carboxylic acids is 2. The van der Waals surface area contributed by atoms with E-state index < -0.39 is 5.97 Å². The van der Waals surface area contributed by atoms with Crippen LogP contribution in [0.5, 0.6) is 0 Å². The molecule has 1 aliphatic carbocycles. The summed E-state index contributed by atoms with van der Waals surface area (Å²) in [5, 5.41) is 10.6. The zero-order chi connectivity index (χ0) is 18.2. The number of aliphatic imine (C=N–C) groups is 1. The van der Waals surface area contributed by atoms with Gasteiger partial charge in [-0.3, -0.25) is 4.79 Å². The highest BCUT2D eigenvalue weighted by Gasteiger charge is 2.32. The van der Waals surface area contributed by atoms with Crippen LogP contribution in [0.4, 0.5) is 5.13 Å². The van der Waals surface area contributed by atoms with Gasteiger partial charge >= 0.3 is 5.97 Å². The number of hydrogen-bond acceptors (Lipinski definition) is 7. The van der Waals surface area contributed by atoms with Crippen molar-refractivity contribution in [3.63, 3.8) is 0 Å². The summed E-state index contributed by atoms with van der Waals surface area (Å²) < 4.78 is 5.50. The number of aliphatic hydroxyl groups is 1. The van der Waals surface area contributed by atoms with Crippen LogP contribution in [0, 0.1) is 5.41 Å². The summed E-state index contributed by atoms with van der Waals surface area (Å²) in [7, 11) is 1.33. The molecule has 0 fully saturated rings. The van der Waals surface area contributed by atoms with Crippen LogP contribution in [0.25, 0.3) is 10.2 Å². The molecule has 0 bridgehead atoms. The Morgan fingerprint density at radius 2 is 2.16 bits per heavy atom. The minimum absolute atomic E-state index is 0.0686. The summed E-state index contributed by atoms with van der Waals surface area (Å²) in [6.45, 7) is 3.89. The van der Waals surface area contributed by atoms with Gasteiger partial charge in [-0.25, -0.2) is 14.8 Å². The van der Waals surface area contributed by atoms with E-state index in [2.05, 4.69) is 9.98 Å². The fourth-order valence-corrected chi connectivity index (χ4v) is 3.63. The number of ether oxygens (including phenoxy) is 1. The molecule has 0 aliphatic heterocycles. The van der Waals surface area contributed by atoms with E-state index >= 15 is 0 Å². The second-order valence-electron chi connectivity index (χ2n) is 6.73. The van der Waals surface area contributed by atoms with E-state index in [4.69, 9.17) is 4.74 Å². The van der Waals surface area contributed by atoms with E-state index in [1.165, 1.54) is 24.7 Å².